The average Bonchev–Trinajstić information content (AvgIpc) is 2.78. The summed E-state index contributed by atoms with van der Waals surface area (Å²) in [4.78, 5) is 0. The number of hydrogen-bond acceptors (Lipinski definition) is 2. The number of hydrogen-bond donors (Lipinski definition) is 1. The molecule has 0 aromatic carbocycles. The van der Waals surface area contributed by atoms with Crippen LogP contribution in [0, 0.1) is 11.3 Å². The van der Waals surface area contributed by atoms with E-state index in [0.717, 1.165) is 12.8 Å². The molecule has 2 heteroatoms. The lowest BCUT2D eigenvalue weighted by Crippen LogP contribution is -2.29. The van der Waals surface area contributed by atoms with E-state index in [1.165, 1.54) is 31.2 Å². The van der Waals surface area contributed by atoms with E-state index in [1.807, 2.05) is 0 Å². The van der Waals surface area contributed by atoms with Gasteiger partial charge in [-0.15, -0.1) is 0 Å². The Morgan fingerprint density at radius 1 is 1.41 bits per heavy atom. The van der Waals surface area contributed by atoms with Crippen molar-refractivity contribution in [2.75, 3.05) is 0 Å². The zero-order valence-electron chi connectivity index (χ0n) is 11.0. The number of aliphatic hydroxyl groups excluding tert-OH is 1. The average molecular weight is 252 g/mol. The predicted octanol–water partition coefficient (Wildman–Crippen LogP) is 4.26. The maximum atomic E-state index is 10.2. The van der Waals surface area contributed by atoms with Gasteiger partial charge in [0.15, 0.2) is 0 Å². The number of aryl methyl sites for hydroxylation is 1. The van der Waals surface area contributed by atoms with E-state index < -0.39 is 0 Å². The molecule has 2 rings (SSSR count). The van der Waals surface area contributed by atoms with Gasteiger partial charge in [0.25, 0.3) is 0 Å². The molecule has 1 N–H and O–H groups in total. The minimum absolute atomic E-state index is 0.0917. The number of rotatable bonds is 4. The summed E-state index contributed by atoms with van der Waals surface area (Å²) < 4.78 is 0. The SMILES string of the molecule is CC1(C)CCC(C(O)CCc2ccsc2)CC1. The Morgan fingerprint density at radius 2 is 2.12 bits per heavy atom. The first kappa shape index (κ1) is 13.1. The highest BCUT2D eigenvalue weighted by molar-refractivity contribution is 7.07. The molecule has 1 aromatic rings. The van der Waals surface area contributed by atoms with Gasteiger partial charge in [0.2, 0.25) is 0 Å². The standard InChI is InChI=1S/C15H24OS/c1-15(2)8-5-13(6-9-15)14(16)4-3-12-7-10-17-11-12/h7,10-11,13-14,16H,3-6,8-9H2,1-2H3. The summed E-state index contributed by atoms with van der Waals surface area (Å²) in [5.74, 6) is 0.543. The Bertz CT molecular complexity index is 319. The molecule has 1 fully saturated rings. The molecule has 96 valence electrons. The van der Waals surface area contributed by atoms with Crippen LogP contribution in [0.1, 0.15) is 51.5 Å². The molecule has 1 aliphatic carbocycles. The van der Waals surface area contributed by atoms with Crippen LogP contribution in [0.3, 0.4) is 0 Å². The molecule has 0 saturated heterocycles. The fourth-order valence-corrected chi connectivity index (χ4v) is 3.49. The summed E-state index contributed by atoms with van der Waals surface area (Å²) in [6.45, 7) is 4.70. The van der Waals surface area contributed by atoms with Crippen molar-refractivity contribution in [3.8, 4) is 0 Å². The Hall–Kier alpha value is -0.340. The van der Waals surface area contributed by atoms with Gasteiger partial charge in [-0.1, -0.05) is 13.8 Å². The molecule has 1 nitrogen and oxygen atoms in total. The highest BCUT2D eigenvalue weighted by Gasteiger charge is 2.30. The molecule has 17 heavy (non-hydrogen) atoms. The first-order valence-corrected chi connectivity index (χ1v) is 7.70. The fourth-order valence-electron chi connectivity index (χ4n) is 2.79. The third kappa shape index (κ3) is 3.82. The van der Waals surface area contributed by atoms with Crippen LogP contribution in [0.5, 0.6) is 0 Å². The van der Waals surface area contributed by atoms with Gasteiger partial charge in [0.05, 0.1) is 6.10 Å². The molecule has 0 spiro atoms. The molecular formula is C15H24OS. The largest absolute Gasteiger partial charge is 0.393 e. The molecule has 0 aliphatic heterocycles. The molecule has 0 radical (unpaired) electrons. The van der Waals surface area contributed by atoms with Crippen LogP contribution >= 0.6 is 11.3 Å². The molecule has 1 saturated carbocycles. The Balaban J connectivity index is 1.75. The third-order valence-corrected chi connectivity index (χ3v) is 4.97. The van der Waals surface area contributed by atoms with Crippen LogP contribution in [-0.2, 0) is 6.42 Å². The molecule has 1 heterocycles. The van der Waals surface area contributed by atoms with Crippen molar-refractivity contribution in [2.24, 2.45) is 11.3 Å². The molecule has 1 aromatic heterocycles. The topological polar surface area (TPSA) is 20.2 Å². The highest BCUT2D eigenvalue weighted by atomic mass is 32.1. The lowest BCUT2D eigenvalue weighted by atomic mass is 9.71. The summed E-state index contributed by atoms with van der Waals surface area (Å²) in [6, 6.07) is 2.17. The first-order valence-electron chi connectivity index (χ1n) is 6.76. The second kappa shape index (κ2) is 5.53. The molecular weight excluding hydrogens is 228 g/mol. The van der Waals surface area contributed by atoms with E-state index in [4.69, 9.17) is 0 Å². The highest BCUT2D eigenvalue weighted by Crippen LogP contribution is 2.39. The lowest BCUT2D eigenvalue weighted by Gasteiger charge is -2.36. The molecule has 1 unspecified atom stereocenters. The van der Waals surface area contributed by atoms with Crippen molar-refractivity contribution in [3.05, 3.63) is 22.4 Å². The first-order chi connectivity index (χ1) is 8.07. The molecule has 0 amide bonds. The molecule has 1 aliphatic rings. The quantitative estimate of drug-likeness (QED) is 0.849. The van der Waals surface area contributed by atoms with E-state index in [1.54, 1.807) is 11.3 Å². The monoisotopic (exact) mass is 252 g/mol. The van der Waals surface area contributed by atoms with Crippen molar-refractivity contribution in [1.82, 2.24) is 0 Å². The Kier molecular flexibility index (Phi) is 4.26. The summed E-state index contributed by atoms with van der Waals surface area (Å²) in [7, 11) is 0. The van der Waals surface area contributed by atoms with Gasteiger partial charge in [0.1, 0.15) is 0 Å². The van der Waals surface area contributed by atoms with Crippen molar-refractivity contribution in [2.45, 2.75) is 58.5 Å². The van der Waals surface area contributed by atoms with Crippen molar-refractivity contribution >= 4 is 11.3 Å². The molecule has 1 atom stereocenters. The van der Waals surface area contributed by atoms with Gasteiger partial charge in [-0.2, -0.15) is 11.3 Å². The van der Waals surface area contributed by atoms with Gasteiger partial charge < -0.3 is 5.11 Å². The van der Waals surface area contributed by atoms with Crippen LogP contribution in [0.15, 0.2) is 16.8 Å². The number of thiophene rings is 1. The zero-order valence-corrected chi connectivity index (χ0v) is 11.8. The van der Waals surface area contributed by atoms with Crippen molar-refractivity contribution in [1.29, 1.82) is 0 Å². The maximum absolute atomic E-state index is 10.2. The van der Waals surface area contributed by atoms with Crippen LogP contribution in [0.4, 0.5) is 0 Å². The lowest BCUT2D eigenvalue weighted by molar-refractivity contribution is 0.0518. The fraction of sp³-hybridized carbons (Fsp3) is 0.733. The van der Waals surface area contributed by atoms with Crippen LogP contribution in [-0.4, -0.2) is 11.2 Å². The minimum atomic E-state index is -0.0917. The summed E-state index contributed by atoms with van der Waals surface area (Å²) in [5.41, 5.74) is 1.88. The predicted molar refractivity (Wildman–Crippen MR) is 74.4 cm³/mol. The molecule has 0 bridgehead atoms. The Morgan fingerprint density at radius 3 is 2.71 bits per heavy atom. The van der Waals surface area contributed by atoms with Gasteiger partial charge >= 0.3 is 0 Å². The minimum Gasteiger partial charge on any atom is -0.393 e. The third-order valence-electron chi connectivity index (χ3n) is 4.24. The van der Waals surface area contributed by atoms with E-state index >= 15 is 0 Å². The van der Waals surface area contributed by atoms with Gasteiger partial charge in [-0.25, -0.2) is 0 Å². The number of aliphatic hydroxyl groups is 1. The van der Waals surface area contributed by atoms with E-state index in [-0.39, 0.29) is 6.10 Å². The normalized spacial score (nSPS) is 22.5. The maximum Gasteiger partial charge on any atom is 0.0571 e. The van der Waals surface area contributed by atoms with Gasteiger partial charge in [-0.3, -0.25) is 0 Å². The van der Waals surface area contributed by atoms with Gasteiger partial charge in [0, 0.05) is 0 Å². The van der Waals surface area contributed by atoms with E-state index in [9.17, 15) is 5.11 Å². The smallest absolute Gasteiger partial charge is 0.0571 e. The van der Waals surface area contributed by atoms with Crippen LogP contribution in [0.2, 0.25) is 0 Å². The van der Waals surface area contributed by atoms with E-state index in [2.05, 4.69) is 30.7 Å². The second-order valence-corrected chi connectivity index (χ2v) is 7.02. The van der Waals surface area contributed by atoms with Gasteiger partial charge in [-0.05, 0) is 72.2 Å². The summed E-state index contributed by atoms with van der Waals surface area (Å²) in [6.07, 6.45) is 6.83. The van der Waals surface area contributed by atoms with Crippen molar-refractivity contribution < 1.29 is 5.11 Å². The van der Waals surface area contributed by atoms with Crippen molar-refractivity contribution in [3.63, 3.8) is 0 Å². The van der Waals surface area contributed by atoms with E-state index in [0.29, 0.717) is 11.3 Å². The zero-order chi connectivity index (χ0) is 12.3. The Labute approximate surface area is 109 Å². The summed E-state index contributed by atoms with van der Waals surface area (Å²) >= 11 is 1.74. The van der Waals surface area contributed by atoms with Crippen LogP contribution < -0.4 is 0 Å². The second-order valence-electron chi connectivity index (χ2n) is 6.24. The van der Waals surface area contributed by atoms with Crippen LogP contribution in [0.25, 0.3) is 0 Å². The summed E-state index contributed by atoms with van der Waals surface area (Å²) in [5, 5.41) is 14.6.